The average Bonchev–Trinajstić information content (AvgIpc) is 2.84. The van der Waals surface area contributed by atoms with Gasteiger partial charge in [-0.25, -0.2) is 8.78 Å². The SMILES string of the molecule is C[C@]12C=C(F)C(=O)C=C1C(=CF)C[C@@H]1[C@@H]2CC[C@]2(C)C(=O)CC[C@@H]12. The third kappa shape index (κ3) is 1.86. The van der Waals surface area contributed by atoms with Crippen LogP contribution >= 0.6 is 0 Å². The van der Waals surface area contributed by atoms with Crippen LogP contribution in [0.2, 0.25) is 0 Å². The second-order valence-electron chi connectivity index (χ2n) is 8.33. The molecule has 0 bridgehead atoms. The molecule has 3 fully saturated rings. The van der Waals surface area contributed by atoms with E-state index in [1.165, 1.54) is 12.2 Å². The molecule has 5 atom stereocenters. The van der Waals surface area contributed by atoms with Gasteiger partial charge in [-0.3, -0.25) is 9.59 Å². The first-order valence-corrected chi connectivity index (χ1v) is 8.79. The quantitative estimate of drug-likeness (QED) is 0.648. The molecule has 3 saturated carbocycles. The lowest BCUT2D eigenvalue weighted by Crippen LogP contribution is -2.50. The molecule has 0 unspecified atom stereocenters. The van der Waals surface area contributed by atoms with E-state index in [4.69, 9.17) is 0 Å². The third-order valence-electron chi connectivity index (χ3n) is 7.37. The summed E-state index contributed by atoms with van der Waals surface area (Å²) in [7, 11) is 0. The van der Waals surface area contributed by atoms with Gasteiger partial charge in [-0.1, -0.05) is 13.8 Å². The summed E-state index contributed by atoms with van der Waals surface area (Å²) in [6, 6.07) is 0. The number of halogens is 2. The highest BCUT2D eigenvalue weighted by Crippen LogP contribution is 2.64. The largest absolute Gasteiger partial charge is 0.299 e. The molecule has 0 N–H and O–H groups in total. The van der Waals surface area contributed by atoms with Gasteiger partial charge in [0.05, 0.1) is 6.33 Å². The summed E-state index contributed by atoms with van der Waals surface area (Å²) in [6.07, 6.45) is 6.87. The minimum Gasteiger partial charge on any atom is -0.299 e. The van der Waals surface area contributed by atoms with Crippen LogP contribution in [-0.4, -0.2) is 11.6 Å². The van der Waals surface area contributed by atoms with Crippen LogP contribution in [-0.2, 0) is 9.59 Å². The van der Waals surface area contributed by atoms with Crippen molar-refractivity contribution in [1.29, 1.82) is 0 Å². The monoisotopic (exact) mass is 332 g/mol. The summed E-state index contributed by atoms with van der Waals surface area (Å²) in [5.41, 5.74) is 0.156. The molecule has 4 rings (SSSR count). The third-order valence-corrected chi connectivity index (χ3v) is 7.37. The lowest BCUT2D eigenvalue weighted by Gasteiger charge is -2.55. The predicted molar refractivity (Wildman–Crippen MR) is 86.2 cm³/mol. The number of carbonyl (C=O) groups is 2. The van der Waals surface area contributed by atoms with Crippen LogP contribution < -0.4 is 0 Å². The van der Waals surface area contributed by atoms with Gasteiger partial charge in [-0.05, 0) is 66.7 Å². The van der Waals surface area contributed by atoms with Crippen molar-refractivity contribution in [1.82, 2.24) is 0 Å². The zero-order valence-electron chi connectivity index (χ0n) is 14.1. The lowest BCUT2D eigenvalue weighted by molar-refractivity contribution is -0.131. The molecule has 0 aromatic carbocycles. The molecule has 24 heavy (non-hydrogen) atoms. The van der Waals surface area contributed by atoms with Crippen molar-refractivity contribution in [3.63, 3.8) is 0 Å². The number of hydrogen-bond acceptors (Lipinski definition) is 2. The van der Waals surface area contributed by atoms with E-state index in [9.17, 15) is 18.4 Å². The van der Waals surface area contributed by atoms with Gasteiger partial charge in [-0.2, -0.15) is 0 Å². The van der Waals surface area contributed by atoms with Gasteiger partial charge >= 0.3 is 0 Å². The van der Waals surface area contributed by atoms with Crippen molar-refractivity contribution < 1.29 is 18.4 Å². The molecule has 0 radical (unpaired) electrons. The van der Waals surface area contributed by atoms with Gasteiger partial charge in [-0.15, -0.1) is 0 Å². The predicted octanol–water partition coefficient (Wildman–Crippen LogP) is 4.62. The molecule has 0 aliphatic heterocycles. The summed E-state index contributed by atoms with van der Waals surface area (Å²) < 4.78 is 27.7. The molecule has 2 nitrogen and oxygen atoms in total. The van der Waals surface area contributed by atoms with Gasteiger partial charge in [0.2, 0.25) is 5.78 Å². The maximum atomic E-state index is 14.1. The number of ketones is 2. The smallest absolute Gasteiger partial charge is 0.214 e. The zero-order chi connectivity index (χ0) is 17.3. The Kier molecular flexibility index (Phi) is 3.29. The van der Waals surface area contributed by atoms with Gasteiger partial charge in [0.25, 0.3) is 0 Å². The van der Waals surface area contributed by atoms with E-state index in [1.54, 1.807) is 0 Å². The lowest BCUT2D eigenvalue weighted by atomic mass is 9.47. The molecular formula is C20H22F2O2. The van der Waals surface area contributed by atoms with Crippen molar-refractivity contribution in [2.45, 2.75) is 46.0 Å². The first kappa shape index (κ1) is 15.9. The molecule has 4 aliphatic carbocycles. The Morgan fingerprint density at radius 3 is 2.67 bits per heavy atom. The van der Waals surface area contributed by atoms with Gasteiger partial charge in [0.15, 0.2) is 5.83 Å². The van der Waals surface area contributed by atoms with E-state index in [-0.39, 0.29) is 23.2 Å². The topological polar surface area (TPSA) is 34.1 Å². The minimum absolute atomic E-state index is 0.148. The summed E-state index contributed by atoms with van der Waals surface area (Å²) in [6.45, 7) is 3.97. The van der Waals surface area contributed by atoms with Crippen LogP contribution in [0, 0.1) is 28.6 Å². The van der Waals surface area contributed by atoms with Crippen LogP contribution in [0.15, 0.2) is 35.5 Å². The molecule has 0 spiro atoms. The highest BCUT2D eigenvalue weighted by atomic mass is 19.1. The van der Waals surface area contributed by atoms with Crippen molar-refractivity contribution in [2.75, 3.05) is 0 Å². The van der Waals surface area contributed by atoms with Crippen LogP contribution in [0.1, 0.15) is 46.0 Å². The molecule has 0 aromatic heterocycles. The zero-order valence-corrected chi connectivity index (χ0v) is 14.1. The molecule has 4 aliphatic rings. The summed E-state index contributed by atoms with van der Waals surface area (Å²) >= 11 is 0. The number of carbonyl (C=O) groups excluding carboxylic acids is 2. The number of Topliss-reactive ketones (excluding diaryl/α,β-unsaturated/α-hetero) is 1. The Morgan fingerprint density at radius 1 is 1.21 bits per heavy atom. The van der Waals surface area contributed by atoms with Crippen LogP contribution in [0.5, 0.6) is 0 Å². The second kappa shape index (κ2) is 4.96. The summed E-state index contributed by atoms with van der Waals surface area (Å²) in [5, 5.41) is 0. The van der Waals surface area contributed by atoms with Gasteiger partial charge in [0, 0.05) is 17.3 Å². The maximum Gasteiger partial charge on any atom is 0.214 e. The van der Waals surface area contributed by atoms with Crippen molar-refractivity contribution in [2.24, 2.45) is 28.6 Å². The van der Waals surface area contributed by atoms with Crippen LogP contribution in [0.3, 0.4) is 0 Å². The standard InChI is InChI=1S/C20H22F2O2/c1-19-6-5-14-12(13(19)3-4-18(19)24)7-11(10-21)15-8-17(23)16(22)9-20(14,15)2/h8-10,12-14H,3-7H2,1-2H3/t12-,13-,14-,19-,20+/m0/s1. The molecule has 128 valence electrons. The highest BCUT2D eigenvalue weighted by molar-refractivity contribution is 6.04. The molecule has 0 heterocycles. The number of fused-ring (bicyclic) bond motifs is 5. The van der Waals surface area contributed by atoms with Crippen molar-refractivity contribution >= 4 is 11.6 Å². The fourth-order valence-electron chi connectivity index (χ4n) is 6.07. The van der Waals surface area contributed by atoms with E-state index in [2.05, 4.69) is 6.92 Å². The Balaban J connectivity index is 1.82. The fourth-order valence-corrected chi connectivity index (χ4v) is 6.07. The maximum absolute atomic E-state index is 14.1. The Labute approximate surface area is 140 Å². The van der Waals surface area contributed by atoms with Gasteiger partial charge < -0.3 is 0 Å². The first-order valence-electron chi connectivity index (χ1n) is 8.79. The normalized spacial score (nSPS) is 46.2. The average molecular weight is 332 g/mol. The summed E-state index contributed by atoms with van der Waals surface area (Å²) in [4.78, 5) is 24.2. The van der Waals surface area contributed by atoms with E-state index >= 15 is 0 Å². The molecular weight excluding hydrogens is 310 g/mol. The molecule has 0 saturated heterocycles. The second-order valence-corrected chi connectivity index (χ2v) is 8.33. The van der Waals surface area contributed by atoms with Crippen molar-refractivity contribution in [3.05, 3.63) is 35.5 Å². The van der Waals surface area contributed by atoms with Gasteiger partial charge in [0.1, 0.15) is 5.78 Å². The van der Waals surface area contributed by atoms with E-state index in [1.807, 2.05) is 6.92 Å². The van der Waals surface area contributed by atoms with E-state index in [0.29, 0.717) is 36.1 Å². The highest BCUT2D eigenvalue weighted by Gasteiger charge is 2.59. The van der Waals surface area contributed by atoms with Crippen molar-refractivity contribution in [3.8, 4) is 0 Å². The van der Waals surface area contributed by atoms with E-state index < -0.39 is 17.0 Å². The number of allylic oxidation sites excluding steroid dienone is 5. The minimum atomic E-state index is -0.740. The Bertz CT molecular complexity index is 732. The first-order chi connectivity index (χ1) is 11.3. The van der Waals surface area contributed by atoms with E-state index in [0.717, 1.165) is 19.3 Å². The molecule has 4 heteroatoms. The molecule has 0 aromatic rings. The molecule has 0 amide bonds. The van der Waals surface area contributed by atoms with Crippen LogP contribution in [0.25, 0.3) is 0 Å². The number of rotatable bonds is 0. The Morgan fingerprint density at radius 2 is 1.96 bits per heavy atom. The fraction of sp³-hybridized carbons (Fsp3) is 0.600. The Hall–Kier alpha value is -1.58. The summed E-state index contributed by atoms with van der Waals surface area (Å²) in [5.74, 6) is -0.547. The van der Waals surface area contributed by atoms with Crippen LogP contribution in [0.4, 0.5) is 8.78 Å². The number of hydrogen-bond donors (Lipinski definition) is 0.